The van der Waals surface area contributed by atoms with Crippen molar-refractivity contribution in [2.75, 3.05) is 27.7 Å². The highest BCUT2D eigenvalue weighted by Gasteiger charge is 2.50. The number of quaternary nitrogens is 1. The number of likely N-dealkylation sites (N-methyl/N-ethyl adjacent to an activating group) is 1. The molecule has 164 valence electrons. The van der Waals surface area contributed by atoms with E-state index in [9.17, 15) is 9.90 Å². The van der Waals surface area contributed by atoms with Crippen molar-refractivity contribution in [3.63, 3.8) is 0 Å². The summed E-state index contributed by atoms with van der Waals surface area (Å²) < 4.78 is 8.73. The van der Waals surface area contributed by atoms with Gasteiger partial charge in [-0.25, -0.2) is 0 Å². The number of halogens is 1. The number of ether oxygens (including phenoxy) is 1. The minimum Gasteiger partial charge on any atom is -1.00 e. The third-order valence-corrected chi connectivity index (χ3v) is 8.19. The van der Waals surface area contributed by atoms with Gasteiger partial charge in [0, 0.05) is 20.2 Å². The molecule has 3 rings (SSSR count). The molecule has 0 aliphatic carbocycles. The molecule has 0 amide bonds. The minimum atomic E-state index is -1.06. The van der Waals surface area contributed by atoms with Crippen LogP contribution in [0.15, 0.2) is 35.1 Å². The first kappa shape index (κ1) is 24.6. The molecule has 1 heterocycles. The smallest absolute Gasteiger partial charge is 0.196 e. The van der Waals surface area contributed by atoms with E-state index in [2.05, 4.69) is 21.1 Å². The monoisotopic (exact) mass is 449 g/mol. The Balaban J connectivity index is 0.00000320. The third kappa shape index (κ3) is 3.96. The largest absolute Gasteiger partial charge is 1.00 e. The molecule has 1 N–H and O–H groups in total. The zero-order valence-electron chi connectivity index (χ0n) is 19.1. The van der Waals surface area contributed by atoms with Gasteiger partial charge >= 0.3 is 0 Å². The molecule has 0 spiro atoms. The van der Waals surface area contributed by atoms with Crippen molar-refractivity contribution in [1.29, 1.82) is 0 Å². The van der Waals surface area contributed by atoms with E-state index in [0.29, 0.717) is 15.6 Å². The molecule has 0 fully saturated rings. The Kier molecular flexibility index (Phi) is 6.66. The maximum atomic E-state index is 13.1. The minimum absolute atomic E-state index is 0. The lowest BCUT2D eigenvalue weighted by molar-refractivity contribution is -0.928. The molecule has 3 aromatic rings. The predicted octanol–water partition coefficient (Wildman–Crippen LogP) is 1.65. The topological polar surface area (TPSA) is 46.5 Å². The number of hydrogen-bond donors (Lipinski definition) is 1. The van der Waals surface area contributed by atoms with E-state index in [0.717, 1.165) is 25.9 Å². The molecule has 2 aromatic carbocycles. The number of nitrogens with zero attached hydrogens (tertiary/aromatic N) is 1. The normalized spacial score (nSPS) is 14.4. The van der Waals surface area contributed by atoms with Crippen LogP contribution in [0.25, 0.3) is 20.2 Å². The molecule has 0 radical (unpaired) electrons. The van der Waals surface area contributed by atoms with Gasteiger partial charge in [-0.15, -0.1) is 11.3 Å². The second kappa shape index (κ2) is 8.12. The van der Waals surface area contributed by atoms with Crippen molar-refractivity contribution in [2.45, 2.75) is 45.8 Å². The molecule has 0 bridgehead atoms. The third-order valence-electron chi connectivity index (χ3n) is 6.88. The average molecular weight is 450 g/mol. The maximum absolute atomic E-state index is 13.1. The van der Waals surface area contributed by atoms with Crippen LogP contribution in [0.3, 0.4) is 0 Å². The van der Waals surface area contributed by atoms with Crippen LogP contribution in [0.2, 0.25) is 0 Å². The summed E-state index contributed by atoms with van der Waals surface area (Å²) in [5.41, 5.74) is 0.584. The number of benzene rings is 2. The van der Waals surface area contributed by atoms with Crippen LogP contribution in [0.5, 0.6) is 5.75 Å². The highest BCUT2D eigenvalue weighted by Crippen LogP contribution is 2.36. The maximum Gasteiger partial charge on any atom is 0.196 e. The predicted molar refractivity (Wildman–Crippen MR) is 123 cm³/mol. The van der Waals surface area contributed by atoms with Gasteiger partial charge in [-0.1, -0.05) is 12.1 Å². The molecule has 1 atom stereocenters. The molecule has 1 unspecified atom stereocenters. The Morgan fingerprint density at radius 3 is 2.23 bits per heavy atom. The van der Waals surface area contributed by atoms with E-state index in [1.165, 1.54) is 0 Å². The zero-order valence-corrected chi connectivity index (χ0v) is 20.7. The molecular weight excluding hydrogens is 418 g/mol. The quantitative estimate of drug-likeness (QED) is 0.476. The van der Waals surface area contributed by atoms with Gasteiger partial charge in [0.2, 0.25) is 0 Å². The number of aliphatic hydroxyl groups is 1. The van der Waals surface area contributed by atoms with Crippen molar-refractivity contribution < 1.29 is 26.7 Å². The summed E-state index contributed by atoms with van der Waals surface area (Å²) in [5, 5.41) is 12.6. The molecule has 0 saturated carbocycles. The fourth-order valence-corrected chi connectivity index (χ4v) is 4.63. The molecule has 4 nitrogen and oxygen atoms in total. The van der Waals surface area contributed by atoms with Gasteiger partial charge in [-0.2, -0.15) is 0 Å². The first-order chi connectivity index (χ1) is 13.3. The summed E-state index contributed by atoms with van der Waals surface area (Å²) in [4.78, 5) is 13.1. The SMILES string of the molecule is Cc1c(OCC(C)(O)C(C)(C)[N+](C)(C)C)cc2c(=O)c3ccccc3sc2c1C.[Cl-]. The fourth-order valence-electron chi connectivity index (χ4n) is 3.43. The Labute approximate surface area is 189 Å². The molecule has 0 aliphatic heterocycles. The van der Waals surface area contributed by atoms with E-state index in [-0.39, 0.29) is 24.4 Å². The number of hydrogen-bond acceptors (Lipinski definition) is 4. The Morgan fingerprint density at radius 1 is 1.03 bits per heavy atom. The van der Waals surface area contributed by atoms with E-state index < -0.39 is 11.1 Å². The lowest BCUT2D eigenvalue weighted by Crippen LogP contribution is -3.00. The molecule has 1 aromatic heterocycles. The van der Waals surface area contributed by atoms with Crippen molar-refractivity contribution in [3.8, 4) is 5.75 Å². The summed E-state index contributed by atoms with van der Waals surface area (Å²) in [6.07, 6.45) is 0. The second-order valence-corrected chi connectivity index (χ2v) is 10.6. The highest BCUT2D eigenvalue weighted by atomic mass is 35.5. The average Bonchev–Trinajstić information content (AvgIpc) is 2.63. The first-order valence-electron chi connectivity index (χ1n) is 9.90. The van der Waals surface area contributed by atoms with Crippen molar-refractivity contribution >= 4 is 31.5 Å². The summed E-state index contributed by atoms with van der Waals surface area (Å²) in [5.74, 6) is 0.659. The Bertz CT molecular complexity index is 1140. The standard InChI is InChI=1S/C24H32NO3S.ClH/c1-15-16(2)22-18(21(26)17-11-9-10-12-20(17)29-22)13-19(15)28-14-24(5,27)23(3,4)25(6,7)8;/h9-13,27H,14H2,1-8H3;1H/q+1;/p-1. The molecular formula is C24H32ClNO3S. The molecule has 30 heavy (non-hydrogen) atoms. The Hall–Kier alpha value is -1.66. The van der Waals surface area contributed by atoms with Crippen molar-refractivity contribution in [3.05, 3.63) is 51.7 Å². The first-order valence-corrected chi connectivity index (χ1v) is 10.7. The molecule has 0 saturated heterocycles. The van der Waals surface area contributed by atoms with Crippen LogP contribution in [-0.2, 0) is 0 Å². The summed E-state index contributed by atoms with van der Waals surface area (Å²) >= 11 is 1.64. The Morgan fingerprint density at radius 2 is 1.63 bits per heavy atom. The lowest BCUT2D eigenvalue weighted by atomic mass is 9.82. The van der Waals surface area contributed by atoms with Crippen LogP contribution in [-0.4, -0.2) is 48.5 Å². The van der Waals surface area contributed by atoms with Crippen molar-refractivity contribution in [2.24, 2.45) is 0 Å². The van der Waals surface area contributed by atoms with Crippen LogP contribution >= 0.6 is 11.3 Å². The van der Waals surface area contributed by atoms with E-state index in [1.54, 1.807) is 11.3 Å². The van der Waals surface area contributed by atoms with E-state index in [1.807, 2.05) is 65.0 Å². The van der Waals surface area contributed by atoms with Gasteiger partial charge in [0.25, 0.3) is 0 Å². The van der Waals surface area contributed by atoms with Gasteiger partial charge in [0.15, 0.2) is 5.43 Å². The van der Waals surface area contributed by atoms with Crippen LogP contribution in [0.1, 0.15) is 31.9 Å². The molecule has 6 heteroatoms. The summed E-state index contributed by atoms with van der Waals surface area (Å²) in [6.45, 7) is 10.1. The van der Waals surface area contributed by atoms with Crippen LogP contribution < -0.4 is 22.6 Å². The van der Waals surface area contributed by atoms with Gasteiger partial charge in [0.1, 0.15) is 23.5 Å². The summed E-state index contributed by atoms with van der Waals surface area (Å²) in [7, 11) is 6.20. The van der Waals surface area contributed by atoms with Gasteiger partial charge in [-0.3, -0.25) is 4.79 Å². The van der Waals surface area contributed by atoms with Gasteiger partial charge < -0.3 is 26.7 Å². The van der Waals surface area contributed by atoms with Crippen LogP contribution in [0, 0.1) is 13.8 Å². The summed E-state index contributed by atoms with van der Waals surface area (Å²) in [6, 6.07) is 9.56. The van der Waals surface area contributed by atoms with Crippen molar-refractivity contribution in [1.82, 2.24) is 0 Å². The zero-order chi connectivity index (χ0) is 21.8. The fraction of sp³-hybridized carbons (Fsp3) is 0.458. The number of aryl methyl sites for hydroxylation is 1. The van der Waals surface area contributed by atoms with Crippen LogP contribution in [0.4, 0.5) is 0 Å². The second-order valence-electron chi connectivity index (χ2n) is 9.56. The molecule has 0 aliphatic rings. The van der Waals surface area contributed by atoms with Gasteiger partial charge in [0.05, 0.1) is 21.1 Å². The number of fused-ring (bicyclic) bond motifs is 2. The van der Waals surface area contributed by atoms with E-state index >= 15 is 0 Å². The number of rotatable bonds is 5. The lowest BCUT2D eigenvalue weighted by Gasteiger charge is -2.49. The van der Waals surface area contributed by atoms with E-state index in [4.69, 9.17) is 4.74 Å². The van der Waals surface area contributed by atoms with Gasteiger partial charge in [-0.05, 0) is 63.9 Å². The highest BCUT2D eigenvalue weighted by molar-refractivity contribution is 7.24.